The third kappa shape index (κ3) is 5.09. The van der Waals surface area contributed by atoms with Crippen molar-refractivity contribution in [2.24, 2.45) is 0 Å². The zero-order chi connectivity index (χ0) is 22.7. The van der Waals surface area contributed by atoms with Crippen molar-refractivity contribution in [2.75, 3.05) is 10.6 Å². The summed E-state index contributed by atoms with van der Waals surface area (Å²) in [5.74, 6) is 0.304. The zero-order valence-corrected chi connectivity index (χ0v) is 18.5. The molecule has 0 aliphatic heterocycles. The Morgan fingerprint density at radius 1 is 1.12 bits per heavy atom. The van der Waals surface area contributed by atoms with Crippen LogP contribution in [0.2, 0.25) is 0 Å². The van der Waals surface area contributed by atoms with Gasteiger partial charge in [-0.3, -0.25) is 9.67 Å². The highest BCUT2D eigenvalue weighted by molar-refractivity contribution is 7.03. The minimum absolute atomic E-state index is 0.0143. The van der Waals surface area contributed by atoms with Crippen LogP contribution in [0.15, 0.2) is 60.5 Å². The van der Waals surface area contributed by atoms with Gasteiger partial charge in [0.25, 0.3) is 0 Å². The molecule has 10 heteroatoms. The molecule has 0 atom stereocenters. The zero-order valence-electron chi connectivity index (χ0n) is 17.7. The summed E-state index contributed by atoms with van der Waals surface area (Å²) in [4.78, 5) is 16.7. The monoisotopic (exact) mass is 452 g/mol. The average Bonchev–Trinajstić information content (AvgIpc) is 3.43. The lowest BCUT2D eigenvalue weighted by Gasteiger charge is -2.18. The van der Waals surface area contributed by atoms with Crippen LogP contribution in [0.4, 0.5) is 20.6 Å². The fraction of sp³-hybridized carbons (Fsp3) is 0.182. The van der Waals surface area contributed by atoms with Crippen molar-refractivity contribution >= 4 is 28.9 Å². The Labute approximate surface area is 188 Å². The number of rotatable bonds is 5. The molecule has 0 spiro atoms. The van der Waals surface area contributed by atoms with Crippen LogP contribution in [0.1, 0.15) is 20.8 Å². The van der Waals surface area contributed by atoms with E-state index in [1.165, 1.54) is 35.9 Å². The van der Waals surface area contributed by atoms with Gasteiger partial charge in [0.15, 0.2) is 0 Å². The van der Waals surface area contributed by atoms with Crippen LogP contribution in [0.3, 0.4) is 0 Å². The molecule has 8 nitrogen and oxygen atoms in total. The van der Waals surface area contributed by atoms with E-state index in [-0.39, 0.29) is 11.2 Å². The molecule has 4 aromatic rings. The van der Waals surface area contributed by atoms with Crippen molar-refractivity contribution in [3.8, 4) is 22.8 Å². The van der Waals surface area contributed by atoms with E-state index in [1.54, 1.807) is 35.4 Å². The van der Waals surface area contributed by atoms with Crippen molar-refractivity contribution in [2.45, 2.75) is 26.3 Å². The molecule has 0 aliphatic rings. The van der Waals surface area contributed by atoms with E-state index in [4.69, 9.17) is 4.74 Å². The quantitative estimate of drug-likeness (QED) is 0.403. The standard InChI is InChI=1S/C22H21FN6O2S/c1-22(2,3)29-12-15(11-25-29)27-21(30)28-20-9-16(4-5-18(20)23)31-17-6-7-24-19(8-17)14-10-26-32-13-14/h4-13H,1-3H3,(H2,27,28,30). The Morgan fingerprint density at radius 3 is 2.66 bits per heavy atom. The summed E-state index contributed by atoms with van der Waals surface area (Å²) in [6, 6.07) is 7.00. The molecule has 0 aliphatic carbocycles. The molecule has 3 aromatic heterocycles. The number of anilines is 2. The molecular formula is C22H21FN6O2S. The Morgan fingerprint density at radius 2 is 1.94 bits per heavy atom. The summed E-state index contributed by atoms with van der Waals surface area (Å²) in [5, 5.41) is 11.3. The Balaban J connectivity index is 1.45. The van der Waals surface area contributed by atoms with Crippen LogP contribution >= 0.6 is 11.5 Å². The average molecular weight is 453 g/mol. The molecule has 164 valence electrons. The van der Waals surface area contributed by atoms with Crippen molar-refractivity contribution in [1.82, 2.24) is 19.1 Å². The molecule has 2 amide bonds. The molecule has 0 saturated heterocycles. The van der Waals surface area contributed by atoms with Crippen LogP contribution < -0.4 is 15.4 Å². The topological polar surface area (TPSA) is 94.0 Å². The van der Waals surface area contributed by atoms with E-state index in [2.05, 4.69) is 25.1 Å². The number of carbonyl (C=O) groups is 1. The van der Waals surface area contributed by atoms with Gasteiger partial charge in [-0.05, 0) is 50.5 Å². The minimum atomic E-state index is -0.592. The first-order valence-corrected chi connectivity index (χ1v) is 10.6. The number of hydrogen-bond donors (Lipinski definition) is 2. The van der Waals surface area contributed by atoms with Gasteiger partial charge in [-0.2, -0.15) is 5.10 Å². The van der Waals surface area contributed by atoms with Crippen molar-refractivity contribution in [3.63, 3.8) is 0 Å². The SMILES string of the molecule is CC(C)(C)n1cc(NC(=O)Nc2cc(Oc3ccnc(-c4cnsc4)c3)ccc2F)cn1. The smallest absolute Gasteiger partial charge is 0.323 e. The van der Waals surface area contributed by atoms with E-state index in [0.29, 0.717) is 22.9 Å². The number of benzene rings is 1. The third-order valence-corrected chi connectivity index (χ3v) is 5.00. The summed E-state index contributed by atoms with van der Waals surface area (Å²) in [6.07, 6.45) is 6.58. The van der Waals surface area contributed by atoms with Gasteiger partial charge < -0.3 is 15.4 Å². The van der Waals surface area contributed by atoms with E-state index in [0.717, 1.165) is 5.56 Å². The van der Waals surface area contributed by atoms with Gasteiger partial charge in [0.1, 0.15) is 17.3 Å². The van der Waals surface area contributed by atoms with E-state index in [1.807, 2.05) is 26.2 Å². The Bertz CT molecular complexity index is 1230. The van der Waals surface area contributed by atoms with Gasteiger partial charge in [0.2, 0.25) is 0 Å². The maximum absolute atomic E-state index is 14.3. The number of urea groups is 1. The number of halogens is 1. The molecule has 2 N–H and O–H groups in total. The normalized spacial score (nSPS) is 11.2. The molecule has 0 fully saturated rings. The molecule has 0 radical (unpaired) electrons. The van der Waals surface area contributed by atoms with Crippen LogP contribution in [0.5, 0.6) is 11.5 Å². The largest absolute Gasteiger partial charge is 0.457 e. The maximum atomic E-state index is 14.3. The molecule has 0 bridgehead atoms. The lowest BCUT2D eigenvalue weighted by atomic mass is 10.1. The maximum Gasteiger partial charge on any atom is 0.323 e. The highest BCUT2D eigenvalue weighted by atomic mass is 32.1. The number of hydrogen-bond acceptors (Lipinski definition) is 6. The number of nitrogens with one attached hydrogen (secondary N) is 2. The predicted octanol–water partition coefficient (Wildman–Crippen LogP) is 5.73. The summed E-state index contributed by atoms with van der Waals surface area (Å²) in [6.45, 7) is 5.98. The van der Waals surface area contributed by atoms with Crippen LogP contribution in [0, 0.1) is 5.82 Å². The lowest BCUT2D eigenvalue weighted by Crippen LogP contribution is -2.22. The molecular weight excluding hydrogens is 431 g/mol. The van der Waals surface area contributed by atoms with E-state index >= 15 is 0 Å². The number of aromatic nitrogens is 4. The second-order valence-corrected chi connectivity index (χ2v) is 8.61. The van der Waals surface area contributed by atoms with E-state index in [9.17, 15) is 9.18 Å². The van der Waals surface area contributed by atoms with Gasteiger partial charge in [-0.1, -0.05) is 0 Å². The number of nitrogens with zero attached hydrogens (tertiary/aromatic N) is 4. The first kappa shape index (κ1) is 21.4. The van der Waals surface area contributed by atoms with Crippen LogP contribution in [-0.4, -0.2) is 25.2 Å². The Kier molecular flexibility index (Phi) is 5.87. The number of amides is 2. The van der Waals surface area contributed by atoms with Gasteiger partial charge >= 0.3 is 6.03 Å². The number of carbonyl (C=O) groups excluding carboxylic acids is 1. The number of pyridine rings is 1. The van der Waals surface area contributed by atoms with Gasteiger partial charge in [0.05, 0.1) is 35.0 Å². The van der Waals surface area contributed by atoms with Crippen molar-refractivity contribution in [3.05, 3.63) is 66.3 Å². The van der Waals surface area contributed by atoms with Gasteiger partial charge in [0, 0.05) is 35.5 Å². The molecule has 3 heterocycles. The van der Waals surface area contributed by atoms with Crippen molar-refractivity contribution < 1.29 is 13.9 Å². The molecule has 0 unspecified atom stereocenters. The highest BCUT2D eigenvalue weighted by Gasteiger charge is 2.15. The summed E-state index contributed by atoms with van der Waals surface area (Å²) in [5.41, 5.74) is 1.86. The van der Waals surface area contributed by atoms with Crippen LogP contribution in [0.25, 0.3) is 11.3 Å². The molecule has 32 heavy (non-hydrogen) atoms. The third-order valence-electron chi connectivity index (χ3n) is 4.41. The highest BCUT2D eigenvalue weighted by Crippen LogP contribution is 2.29. The fourth-order valence-electron chi connectivity index (χ4n) is 2.80. The van der Waals surface area contributed by atoms with Crippen LogP contribution in [-0.2, 0) is 5.54 Å². The minimum Gasteiger partial charge on any atom is -0.457 e. The summed E-state index contributed by atoms with van der Waals surface area (Å²) in [7, 11) is 0. The predicted molar refractivity (Wildman–Crippen MR) is 122 cm³/mol. The first-order chi connectivity index (χ1) is 15.3. The summed E-state index contributed by atoms with van der Waals surface area (Å²) < 4.78 is 25.9. The van der Waals surface area contributed by atoms with Gasteiger partial charge in [-0.25, -0.2) is 13.6 Å². The lowest BCUT2D eigenvalue weighted by molar-refractivity contribution is 0.262. The Hall–Kier alpha value is -3.79. The molecule has 0 saturated carbocycles. The second kappa shape index (κ2) is 8.75. The fourth-order valence-corrected chi connectivity index (χ4v) is 3.33. The molecule has 1 aromatic carbocycles. The summed E-state index contributed by atoms with van der Waals surface area (Å²) >= 11 is 1.33. The van der Waals surface area contributed by atoms with Crippen molar-refractivity contribution in [1.29, 1.82) is 0 Å². The first-order valence-electron chi connectivity index (χ1n) is 9.74. The second-order valence-electron chi connectivity index (χ2n) is 7.96. The van der Waals surface area contributed by atoms with Gasteiger partial charge in [-0.15, -0.1) is 0 Å². The molecule has 4 rings (SSSR count). The number of ether oxygens (including phenoxy) is 1. The van der Waals surface area contributed by atoms with E-state index < -0.39 is 11.8 Å².